The maximum absolute atomic E-state index is 14.6. The summed E-state index contributed by atoms with van der Waals surface area (Å²) in [4.78, 5) is 30.0. The number of sulfonamides is 1. The first kappa shape index (κ1) is 37.3. The van der Waals surface area contributed by atoms with Crippen molar-refractivity contribution in [2.75, 3.05) is 17.5 Å². The summed E-state index contributed by atoms with van der Waals surface area (Å²) in [6.45, 7) is 5.45. The van der Waals surface area contributed by atoms with Crippen LogP contribution in [0.5, 0.6) is 5.75 Å². The van der Waals surface area contributed by atoms with Crippen LogP contribution >= 0.6 is 39.1 Å². The van der Waals surface area contributed by atoms with Crippen molar-refractivity contribution in [2.45, 2.75) is 57.1 Å². The predicted octanol–water partition coefficient (Wildman–Crippen LogP) is 7.90. The first-order chi connectivity index (χ1) is 22.9. The Labute approximate surface area is 301 Å². The second kappa shape index (κ2) is 17.2. The van der Waals surface area contributed by atoms with Crippen LogP contribution < -0.4 is 14.4 Å². The van der Waals surface area contributed by atoms with E-state index in [4.69, 9.17) is 27.9 Å². The molecule has 0 fully saturated rings. The monoisotopic (exact) mass is 773 g/mol. The van der Waals surface area contributed by atoms with Gasteiger partial charge in [0.25, 0.3) is 10.0 Å². The maximum Gasteiger partial charge on any atom is 0.264 e. The molecule has 4 aromatic rings. The molecular weight excluding hydrogens is 737 g/mol. The van der Waals surface area contributed by atoms with E-state index in [1.165, 1.54) is 17.0 Å². The molecule has 12 heteroatoms. The van der Waals surface area contributed by atoms with E-state index in [-0.39, 0.29) is 35.5 Å². The van der Waals surface area contributed by atoms with Gasteiger partial charge in [-0.15, -0.1) is 0 Å². The lowest BCUT2D eigenvalue weighted by atomic mass is 10.0. The Bertz CT molecular complexity index is 1790. The molecule has 8 nitrogen and oxygen atoms in total. The molecule has 0 radical (unpaired) electrons. The van der Waals surface area contributed by atoms with Crippen LogP contribution in [-0.2, 0) is 32.6 Å². The van der Waals surface area contributed by atoms with Crippen LogP contribution in [0.2, 0.25) is 10.0 Å². The Hall–Kier alpha value is -3.57. The number of carbonyl (C=O) groups is 2. The number of nitrogens with zero attached hydrogens (tertiary/aromatic N) is 2. The Kier molecular flexibility index (Phi) is 13.3. The van der Waals surface area contributed by atoms with E-state index in [9.17, 15) is 18.0 Å². The molecule has 4 rings (SSSR count). The summed E-state index contributed by atoms with van der Waals surface area (Å²) < 4.78 is 35.8. The van der Waals surface area contributed by atoms with Crippen molar-refractivity contribution in [2.24, 2.45) is 0 Å². The molecule has 0 unspecified atom stereocenters. The molecule has 254 valence electrons. The van der Waals surface area contributed by atoms with E-state index in [0.717, 1.165) is 9.87 Å². The number of hydrogen-bond donors (Lipinski definition) is 1. The van der Waals surface area contributed by atoms with Gasteiger partial charge in [-0.05, 0) is 92.1 Å². The number of benzene rings is 4. The lowest BCUT2D eigenvalue weighted by molar-refractivity contribution is -0.140. The third kappa shape index (κ3) is 9.75. The summed E-state index contributed by atoms with van der Waals surface area (Å²) in [5.74, 6) is -0.414. The molecule has 0 aliphatic rings. The summed E-state index contributed by atoms with van der Waals surface area (Å²) in [5.41, 5.74) is 1.63. The van der Waals surface area contributed by atoms with Gasteiger partial charge in [-0.25, -0.2) is 8.42 Å². The molecule has 0 aliphatic heterocycles. The number of ether oxygens (including phenoxy) is 1. The third-order valence-electron chi connectivity index (χ3n) is 7.74. The topological polar surface area (TPSA) is 96.0 Å². The van der Waals surface area contributed by atoms with Crippen molar-refractivity contribution in [1.82, 2.24) is 10.2 Å². The zero-order valence-electron chi connectivity index (χ0n) is 26.9. The number of rotatable bonds is 15. The van der Waals surface area contributed by atoms with Crippen LogP contribution in [0.1, 0.15) is 38.3 Å². The molecule has 2 amide bonds. The highest BCUT2D eigenvalue weighted by Gasteiger charge is 2.35. The highest BCUT2D eigenvalue weighted by molar-refractivity contribution is 9.10. The van der Waals surface area contributed by atoms with Gasteiger partial charge in [-0.3, -0.25) is 13.9 Å². The second-order valence-corrected chi connectivity index (χ2v) is 14.8. The minimum Gasteiger partial charge on any atom is -0.494 e. The zero-order valence-corrected chi connectivity index (χ0v) is 30.8. The van der Waals surface area contributed by atoms with Gasteiger partial charge >= 0.3 is 0 Å². The summed E-state index contributed by atoms with van der Waals surface area (Å²) in [6, 6.07) is 25.8. The Morgan fingerprint density at radius 3 is 2.19 bits per heavy atom. The van der Waals surface area contributed by atoms with E-state index < -0.39 is 28.5 Å². The molecule has 0 aromatic heterocycles. The highest BCUT2D eigenvalue weighted by Crippen LogP contribution is 2.29. The van der Waals surface area contributed by atoms with Crippen molar-refractivity contribution in [3.63, 3.8) is 0 Å². The van der Waals surface area contributed by atoms with Gasteiger partial charge in [-0.2, -0.15) is 0 Å². The Morgan fingerprint density at radius 2 is 1.58 bits per heavy atom. The highest BCUT2D eigenvalue weighted by atomic mass is 79.9. The first-order valence-electron chi connectivity index (χ1n) is 15.5. The molecule has 4 aromatic carbocycles. The fourth-order valence-corrected chi connectivity index (χ4v) is 7.11. The van der Waals surface area contributed by atoms with Crippen molar-refractivity contribution in [3.05, 3.63) is 123 Å². The molecule has 0 aliphatic carbocycles. The maximum atomic E-state index is 14.6. The molecule has 2 atom stereocenters. The minimum atomic E-state index is -4.26. The van der Waals surface area contributed by atoms with Crippen LogP contribution in [0.25, 0.3) is 0 Å². The van der Waals surface area contributed by atoms with Gasteiger partial charge in [0.15, 0.2) is 0 Å². The van der Waals surface area contributed by atoms with E-state index >= 15 is 0 Å². The average molecular weight is 776 g/mol. The van der Waals surface area contributed by atoms with Crippen molar-refractivity contribution < 1.29 is 22.7 Å². The molecule has 0 saturated heterocycles. The fraction of sp³-hybridized carbons (Fsp3) is 0.278. The molecule has 0 heterocycles. The molecule has 1 N–H and O–H groups in total. The summed E-state index contributed by atoms with van der Waals surface area (Å²) in [7, 11) is -4.26. The van der Waals surface area contributed by atoms with Gasteiger partial charge in [0.05, 0.1) is 17.2 Å². The number of anilines is 1. The standard InChI is InChI=1S/C36H38BrCl2N3O5S/c1-4-25(3)40-36(44)34(21-26-9-7-6-8-10-26)41(23-27-11-14-29(38)22-33(27)39)35(43)24-42(30-15-17-31(18-16-30)47-5-2)48(45,46)32-19-12-28(37)13-20-32/h6-20,22,25,34H,4-5,21,23-24H2,1-3H3,(H,40,44)/t25-,34+/m0/s1. The van der Waals surface area contributed by atoms with E-state index in [0.29, 0.717) is 38.9 Å². The summed E-state index contributed by atoms with van der Waals surface area (Å²) >= 11 is 16.1. The second-order valence-electron chi connectivity index (χ2n) is 11.2. The van der Waals surface area contributed by atoms with Gasteiger partial charge in [-0.1, -0.05) is 82.5 Å². The fourth-order valence-electron chi connectivity index (χ4n) is 4.97. The summed E-state index contributed by atoms with van der Waals surface area (Å²) in [6.07, 6.45) is 0.861. The minimum absolute atomic E-state index is 0.00460. The van der Waals surface area contributed by atoms with Crippen molar-refractivity contribution >= 4 is 66.7 Å². The van der Waals surface area contributed by atoms with E-state index in [2.05, 4.69) is 21.2 Å². The number of carbonyl (C=O) groups excluding carboxylic acids is 2. The lowest BCUT2D eigenvalue weighted by Crippen LogP contribution is -2.54. The predicted molar refractivity (Wildman–Crippen MR) is 195 cm³/mol. The Morgan fingerprint density at radius 1 is 0.917 bits per heavy atom. The van der Waals surface area contributed by atoms with Crippen LogP contribution in [0.4, 0.5) is 5.69 Å². The van der Waals surface area contributed by atoms with E-state index in [1.807, 2.05) is 51.1 Å². The molecule has 0 saturated carbocycles. The zero-order chi connectivity index (χ0) is 34.8. The lowest BCUT2D eigenvalue weighted by Gasteiger charge is -2.34. The quantitative estimate of drug-likeness (QED) is 0.133. The van der Waals surface area contributed by atoms with Crippen LogP contribution in [-0.4, -0.2) is 50.4 Å². The van der Waals surface area contributed by atoms with Gasteiger partial charge in [0.1, 0.15) is 18.3 Å². The molecule has 0 bridgehead atoms. The number of nitrogens with one attached hydrogen (secondary N) is 1. The SMILES string of the molecule is CCOc1ccc(N(CC(=O)N(Cc2ccc(Cl)cc2Cl)[C@H](Cc2ccccc2)C(=O)N[C@@H](C)CC)S(=O)(=O)c2ccc(Br)cc2)cc1. The van der Waals surface area contributed by atoms with Crippen molar-refractivity contribution in [3.8, 4) is 5.75 Å². The number of amides is 2. The molecule has 0 spiro atoms. The van der Waals surface area contributed by atoms with Crippen molar-refractivity contribution in [1.29, 1.82) is 0 Å². The number of hydrogen-bond acceptors (Lipinski definition) is 5. The van der Waals surface area contributed by atoms with Crippen LogP contribution in [0.3, 0.4) is 0 Å². The van der Waals surface area contributed by atoms with Gasteiger partial charge < -0.3 is 15.0 Å². The molecule has 48 heavy (non-hydrogen) atoms. The Balaban J connectivity index is 1.83. The summed E-state index contributed by atoms with van der Waals surface area (Å²) in [5, 5.41) is 3.75. The van der Waals surface area contributed by atoms with Crippen LogP contribution in [0, 0.1) is 0 Å². The van der Waals surface area contributed by atoms with E-state index in [1.54, 1.807) is 54.6 Å². The van der Waals surface area contributed by atoms with Gasteiger partial charge in [0, 0.05) is 33.5 Å². The smallest absolute Gasteiger partial charge is 0.264 e. The number of halogens is 3. The largest absolute Gasteiger partial charge is 0.494 e. The normalized spacial score (nSPS) is 12.5. The van der Waals surface area contributed by atoms with Crippen LogP contribution in [0.15, 0.2) is 106 Å². The van der Waals surface area contributed by atoms with Gasteiger partial charge in [0.2, 0.25) is 11.8 Å². The average Bonchev–Trinajstić information content (AvgIpc) is 3.07. The molecular formula is C36H38BrCl2N3O5S. The third-order valence-corrected chi connectivity index (χ3v) is 10.6. The first-order valence-corrected chi connectivity index (χ1v) is 18.5.